The first-order chi connectivity index (χ1) is 10.5. The fourth-order valence-corrected chi connectivity index (χ4v) is 3.59. The second-order valence-electron chi connectivity index (χ2n) is 7.19. The van der Waals surface area contributed by atoms with Crippen LogP contribution in [0.25, 0.3) is 0 Å². The van der Waals surface area contributed by atoms with Gasteiger partial charge in [0.25, 0.3) is 0 Å². The van der Waals surface area contributed by atoms with E-state index < -0.39 is 27.4 Å². The van der Waals surface area contributed by atoms with Crippen molar-refractivity contribution in [2.75, 3.05) is 7.11 Å². The predicted octanol–water partition coefficient (Wildman–Crippen LogP) is 2.75. The molecule has 1 N–H and O–H groups in total. The van der Waals surface area contributed by atoms with Crippen LogP contribution in [0.2, 0.25) is 0 Å². The van der Waals surface area contributed by atoms with Crippen molar-refractivity contribution >= 4 is 16.0 Å². The van der Waals surface area contributed by atoms with E-state index in [9.17, 15) is 13.2 Å². The molecule has 6 heteroatoms. The number of rotatable bonds is 6. The molecule has 0 spiro atoms. The number of benzene rings is 1. The van der Waals surface area contributed by atoms with Gasteiger partial charge in [-0.15, -0.1) is 0 Å². The maximum Gasteiger partial charge on any atom is 0.324 e. The summed E-state index contributed by atoms with van der Waals surface area (Å²) in [6.07, 6.45) is 0.889. The molecule has 1 rings (SSSR count). The molecule has 0 bridgehead atoms. The Morgan fingerprint density at radius 2 is 1.70 bits per heavy atom. The van der Waals surface area contributed by atoms with Gasteiger partial charge < -0.3 is 4.74 Å². The smallest absolute Gasteiger partial charge is 0.324 e. The van der Waals surface area contributed by atoms with Crippen molar-refractivity contribution in [2.24, 2.45) is 11.3 Å². The van der Waals surface area contributed by atoms with E-state index in [4.69, 9.17) is 4.74 Å². The van der Waals surface area contributed by atoms with E-state index >= 15 is 0 Å². The molecule has 23 heavy (non-hydrogen) atoms. The molecule has 130 valence electrons. The van der Waals surface area contributed by atoms with Gasteiger partial charge in [-0.2, -0.15) is 4.72 Å². The van der Waals surface area contributed by atoms with Crippen molar-refractivity contribution in [3.8, 4) is 0 Å². The van der Waals surface area contributed by atoms with Gasteiger partial charge in [-0.05, 0) is 35.4 Å². The molecule has 0 saturated heterocycles. The second kappa shape index (κ2) is 7.45. The third-order valence-electron chi connectivity index (χ3n) is 3.45. The van der Waals surface area contributed by atoms with Crippen molar-refractivity contribution in [1.82, 2.24) is 4.72 Å². The predicted molar refractivity (Wildman–Crippen MR) is 90.6 cm³/mol. The summed E-state index contributed by atoms with van der Waals surface area (Å²) in [5.74, 6) is -0.0994. The molecule has 1 atom stereocenters. The second-order valence-corrected chi connectivity index (χ2v) is 8.90. The number of methoxy groups -OCH3 is 1. The molecular formula is C17H27NO4S. The first kappa shape index (κ1) is 19.6. The van der Waals surface area contributed by atoms with Crippen LogP contribution >= 0.6 is 0 Å². The quantitative estimate of drug-likeness (QED) is 0.808. The van der Waals surface area contributed by atoms with Crippen LogP contribution in [0.15, 0.2) is 29.2 Å². The number of nitrogens with one attached hydrogen (secondary N) is 1. The molecule has 0 aliphatic heterocycles. The third-order valence-corrected chi connectivity index (χ3v) is 4.89. The van der Waals surface area contributed by atoms with Gasteiger partial charge in [-0.1, -0.05) is 46.8 Å². The number of esters is 1. The zero-order valence-corrected chi connectivity index (χ0v) is 15.5. The molecule has 0 amide bonds. The van der Waals surface area contributed by atoms with Crippen molar-refractivity contribution < 1.29 is 17.9 Å². The average molecular weight is 341 g/mol. The SMILES string of the molecule is COC(=O)C(NS(=O)(=O)c1ccc(CC(C)C)cc1)C(C)(C)C. The molecule has 1 unspecified atom stereocenters. The lowest BCUT2D eigenvalue weighted by Crippen LogP contribution is -2.49. The molecule has 0 radical (unpaired) electrons. The van der Waals surface area contributed by atoms with Gasteiger partial charge in [-0.3, -0.25) is 4.79 Å². The first-order valence-corrected chi connectivity index (χ1v) is 9.15. The van der Waals surface area contributed by atoms with Gasteiger partial charge in [-0.25, -0.2) is 8.42 Å². The van der Waals surface area contributed by atoms with Crippen LogP contribution < -0.4 is 4.72 Å². The monoisotopic (exact) mass is 341 g/mol. The van der Waals surface area contributed by atoms with Gasteiger partial charge in [0.15, 0.2) is 0 Å². The van der Waals surface area contributed by atoms with Crippen LogP contribution in [0, 0.1) is 11.3 Å². The lowest BCUT2D eigenvalue weighted by Gasteiger charge is -2.28. The molecule has 5 nitrogen and oxygen atoms in total. The molecule has 1 aromatic carbocycles. The molecule has 0 aromatic heterocycles. The minimum atomic E-state index is -3.79. The Balaban J connectivity index is 3.03. The van der Waals surface area contributed by atoms with Crippen LogP contribution in [-0.2, 0) is 26.0 Å². The Kier molecular flexibility index (Phi) is 6.36. The average Bonchev–Trinajstić information content (AvgIpc) is 2.43. The van der Waals surface area contributed by atoms with Crippen LogP contribution in [-0.4, -0.2) is 27.5 Å². The zero-order valence-electron chi connectivity index (χ0n) is 14.7. The fourth-order valence-electron chi connectivity index (χ4n) is 2.20. The Hall–Kier alpha value is -1.40. The number of carbonyl (C=O) groups excluding carboxylic acids is 1. The highest BCUT2D eigenvalue weighted by Crippen LogP contribution is 2.23. The number of hydrogen-bond acceptors (Lipinski definition) is 4. The minimum absolute atomic E-state index is 0.142. The fraction of sp³-hybridized carbons (Fsp3) is 0.588. The zero-order chi connectivity index (χ0) is 17.8. The van der Waals surface area contributed by atoms with E-state index in [1.54, 1.807) is 45.0 Å². The Labute approximate surface area is 139 Å². The van der Waals surface area contributed by atoms with Crippen LogP contribution in [0.3, 0.4) is 0 Å². The number of carbonyl (C=O) groups is 1. The minimum Gasteiger partial charge on any atom is -0.468 e. The van der Waals surface area contributed by atoms with E-state index in [1.165, 1.54) is 7.11 Å². The van der Waals surface area contributed by atoms with E-state index in [1.807, 2.05) is 0 Å². The van der Waals surface area contributed by atoms with E-state index in [-0.39, 0.29) is 4.90 Å². The van der Waals surface area contributed by atoms with Crippen molar-refractivity contribution in [1.29, 1.82) is 0 Å². The number of hydrogen-bond donors (Lipinski definition) is 1. The normalized spacial score (nSPS) is 13.9. The highest BCUT2D eigenvalue weighted by molar-refractivity contribution is 7.89. The Morgan fingerprint density at radius 1 is 1.17 bits per heavy atom. The summed E-state index contributed by atoms with van der Waals surface area (Å²) in [4.78, 5) is 12.0. The van der Waals surface area contributed by atoms with E-state index in [0.29, 0.717) is 5.92 Å². The summed E-state index contributed by atoms with van der Waals surface area (Å²) in [6, 6.07) is 5.79. The topological polar surface area (TPSA) is 72.5 Å². The highest BCUT2D eigenvalue weighted by Gasteiger charge is 2.36. The maximum absolute atomic E-state index is 12.5. The maximum atomic E-state index is 12.5. The summed E-state index contributed by atoms with van der Waals surface area (Å²) < 4.78 is 32.2. The summed E-state index contributed by atoms with van der Waals surface area (Å²) in [7, 11) is -2.55. The summed E-state index contributed by atoms with van der Waals surface area (Å²) in [5, 5.41) is 0. The van der Waals surface area contributed by atoms with Crippen molar-refractivity contribution in [3.63, 3.8) is 0 Å². The van der Waals surface area contributed by atoms with Gasteiger partial charge in [0.1, 0.15) is 6.04 Å². The summed E-state index contributed by atoms with van der Waals surface area (Å²) in [5.41, 5.74) is 0.483. The molecule has 1 aromatic rings. The summed E-state index contributed by atoms with van der Waals surface area (Å²) >= 11 is 0. The molecule has 0 aliphatic carbocycles. The summed E-state index contributed by atoms with van der Waals surface area (Å²) in [6.45, 7) is 9.56. The Morgan fingerprint density at radius 3 is 2.09 bits per heavy atom. The van der Waals surface area contributed by atoms with Crippen LogP contribution in [0.5, 0.6) is 0 Å². The van der Waals surface area contributed by atoms with Gasteiger partial charge in [0.2, 0.25) is 10.0 Å². The highest BCUT2D eigenvalue weighted by atomic mass is 32.2. The van der Waals surface area contributed by atoms with Gasteiger partial charge >= 0.3 is 5.97 Å². The molecular weight excluding hydrogens is 314 g/mol. The first-order valence-electron chi connectivity index (χ1n) is 7.66. The molecule has 0 fully saturated rings. The largest absolute Gasteiger partial charge is 0.468 e. The lowest BCUT2D eigenvalue weighted by molar-refractivity contribution is -0.145. The lowest BCUT2D eigenvalue weighted by atomic mass is 9.87. The van der Waals surface area contributed by atoms with Crippen molar-refractivity contribution in [2.45, 2.75) is 52.0 Å². The van der Waals surface area contributed by atoms with Crippen LogP contribution in [0.4, 0.5) is 0 Å². The molecule has 0 saturated carbocycles. The van der Waals surface area contributed by atoms with E-state index in [0.717, 1.165) is 12.0 Å². The van der Waals surface area contributed by atoms with Gasteiger partial charge in [0.05, 0.1) is 12.0 Å². The van der Waals surface area contributed by atoms with E-state index in [2.05, 4.69) is 18.6 Å². The third kappa shape index (κ3) is 5.62. The Bertz CT molecular complexity index is 628. The van der Waals surface area contributed by atoms with Crippen LogP contribution in [0.1, 0.15) is 40.2 Å². The standard InChI is InChI=1S/C17H27NO4S/c1-12(2)11-13-7-9-14(10-8-13)23(20,21)18-15(16(19)22-6)17(3,4)5/h7-10,12,15,18H,11H2,1-6H3. The number of ether oxygens (including phenoxy) is 1. The molecule has 0 aliphatic rings. The van der Waals surface area contributed by atoms with Crippen molar-refractivity contribution in [3.05, 3.63) is 29.8 Å². The number of sulfonamides is 1. The molecule has 0 heterocycles. The van der Waals surface area contributed by atoms with Gasteiger partial charge in [0, 0.05) is 0 Å².